The molecule has 0 saturated carbocycles. The van der Waals surface area contributed by atoms with Gasteiger partial charge in [0, 0.05) is 26.2 Å². The highest BCUT2D eigenvalue weighted by molar-refractivity contribution is 5.97. The topological polar surface area (TPSA) is 61.8 Å². The summed E-state index contributed by atoms with van der Waals surface area (Å²) in [4.78, 5) is 14.6. The summed E-state index contributed by atoms with van der Waals surface area (Å²) in [6.07, 6.45) is 2.21. The van der Waals surface area contributed by atoms with Gasteiger partial charge in [0.15, 0.2) is 0 Å². The lowest BCUT2D eigenvalue weighted by atomic mass is 9.99. The van der Waals surface area contributed by atoms with Crippen LogP contribution in [0.4, 0.5) is 0 Å². The summed E-state index contributed by atoms with van der Waals surface area (Å²) < 4.78 is 5.25. The molecule has 1 amide bonds. The maximum atomic E-state index is 12.3. The van der Waals surface area contributed by atoms with Gasteiger partial charge in [-0.2, -0.15) is 0 Å². The van der Waals surface area contributed by atoms with Crippen molar-refractivity contribution < 1.29 is 14.6 Å². The molecule has 1 aromatic rings. The van der Waals surface area contributed by atoms with E-state index in [0.29, 0.717) is 23.8 Å². The summed E-state index contributed by atoms with van der Waals surface area (Å²) in [5, 5.41) is 12.2. The van der Waals surface area contributed by atoms with Crippen LogP contribution in [0.25, 0.3) is 0 Å². The Hall–Kier alpha value is -1.59. The minimum atomic E-state index is -0.101. The molecule has 1 heterocycles. The Balaban J connectivity index is 1.84. The van der Waals surface area contributed by atoms with Gasteiger partial charge in [-0.25, -0.2) is 0 Å². The Kier molecular flexibility index (Phi) is 6.21. The number of hydrogen-bond donors (Lipinski definition) is 2. The van der Waals surface area contributed by atoms with Gasteiger partial charge < -0.3 is 20.1 Å². The second-order valence-electron chi connectivity index (χ2n) is 5.95. The molecular weight excluding hydrogens is 280 g/mol. The highest BCUT2D eigenvalue weighted by Gasteiger charge is 2.19. The molecule has 1 aromatic carbocycles. The number of carbonyl (C=O) groups is 1. The van der Waals surface area contributed by atoms with Gasteiger partial charge in [0.25, 0.3) is 5.91 Å². The van der Waals surface area contributed by atoms with Crippen molar-refractivity contribution in [3.63, 3.8) is 0 Å². The van der Waals surface area contributed by atoms with Gasteiger partial charge in [-0.05, 0) is 44.4 Å². The Labute approximate surface area is 132 Å². The van der Waals surface area contributed by atoms with Crippen molar-refractivity contribution in [2.45, 2.75) is 19.8 Å². The fourth-order valence-electron chi connectivity index (χ4n) is 2.93. The van der Waals surface area contributed by atoms with Crippen LogP contribution in [0.1, 0.15) is 28.8 Å². The highest BCUT2D eigenvalue weighted by atomic mass is 16.5. The van der Waals surface area contributed by atoms with E-state index in [9.17, 15) is 9.90 Å². The molecular formula is C17H26N2O3. The summed E-state index contributed by atoms with van der Waals surface area (Å²) in [5.74, 6) is 0.874. The second-order valence-corrected chi connectivity index (χ2v) is 5.95. The molecule has 5 nitrogen and oxygen atoms in total. The van der Waals surface area contributed by atoms with Crippen molar-refractivity contribution in [2.75, 3.05) is 39.9 Å². The molecule has 2 rings (SSSR count). The predicted octanol–water partition coefficient (Wildman–Crippen LogP) is 1.44. The van der Waals surface area contributed by atoms with E-state index in [4.69, 9.17) is 4.74 Å². The molecule has 1 aliphatic rings. The number of piperidine rings is 1. The number of rotatable bonds is 6. The number of amides is 1. The number of aliphatic hydroxyl groups excluding tert-OH is 1. The van der Waals surface area contributed by atoms with Crippen LogP contribution in [0.3, 0.4) is 0 Å². The van der Waals surface area contributed by atoms with E-state index in [0.717, 1.165) is 38.0 Å². The summed E-state index contributed by atoms with van der Waals surface area (Å²) in [7, 11) is 1.57. The van der Waals surface area contributed by atoms with E-state index in [2.05, 4.69) is 10.2 Å². The number of aliphatic hydroxyl groups is 1. The summed E-state index contributed by atoms with van der Waals surface area (Å²) in [5.41, 5.74) is 1.61. The van der Waals surface area contributed by atoms with E-state index in [1.165, 1.54) is 0 Å². The molecule has 5 heteroatoms. The lowest BCUT2D eigenvalue weighted by Gasteiger charge is -2.31. The third-order valence-corrected chi connectivity index (χ3v) is 4.17. The number of likely N-dealkylation sites (tertiary alicyclic amines) is 1. The van der Waals surface area contributed by atoms with Crippen molar-refractivity contribution in [2.24, 2.45) is 5.92 Å². The first-order chi connectivity index (χ1) is 10.6. The quantitative estimate of drug-likeness (QED) is 0.835. The monoisotopic (exact) mass is 306 g/mol. The van der Waals surface area contributed by atoms with Crippen LogP contribution in [0, 0.1) is 12.8 Å². The number of carbonyl (C=O) groups excluding carboxylic acids is 1. The van der Waals surface area contributed by atoms with Crippen LogP contribution in [0.2, 0.25) is 0 Å². The summed E-state index contributed by atoms with van der Waals surface area (Å²) in [6.45, 7) is 5.59. The van der Waals surface area contributed by atoms with Gasteiger partial charge in [0.05, 0.1) is 12.7 Å². The Morgan fingerprint density at radius 2 is 2.32 bits per heavy atom. The van der Waals surface area contributed by atoms with E-state index in [1.54, 1.807) is 7.11 Å². The molecule has 1 fully saturated rings. The zero-order chi connectivity index (χ0) is 15.9. The molecule has 0 radical (unpaired) electrons. The van der Waals surface area contributed by atoms with Gasteiger partial charge in [-0.1, -0.05) is 11.6 Å². The lowest BCUT2D eigenvalue weighted by Crippen LogP contribution is -2.41. The van der Waals surface area contributed by atoms with Crippen molar-refractivity contribution in [3.05, 3.63) is 29.3 Å². The number of aryl methyl sites for hydroxylation is 1. The third-order valence-electron chi connectivity index (χ3n) is 4.17. The van der Waals surface area contributed by atoms with Crippen molar-refractivity contribution in [3.8, 4) is 5.75 Å². The second kappa shape index (κ2) is 8.15. The van der Waals surface area contributed by atoms with Gasteiger partial charge in [0.1, 0.15) is 5.75 Å². The Morgan fingerprint density at radius 1 is 1.50 bits per heavy atom. The van der Waals surface area contributed by atoms with Gasteiger partial charge in [-0.3, -0.25) is 4.79 Å². The Bertz CT molecular complexity index is 505. The number of methoxy groups -OCH3 is 1. The first-order valence-corrected chi connectivity index (χ1v) is 7.90. The van der Waals surface area contributed by atoms with Gasteiger partial charge in [0.2, 0.25) is 0 Å². The van der Waals surface area contributed by atoms with E-state index < -0.39 is 0 Å². The number of nitrogens with zero attached hydrogens (tertiary/aromatic N) is 1. The van der Waals surface area contributed by atoms with Crippen LogP contribution >= 0.6 is 0 Å². The first kappa shape index (κ1) is 16.8. The third kappa shape index (κ3) is 4.45. The number of benzene rings is 1. The molecule has 1 aliphatic heterocycles. The molecule has 1 atom stereocenters. The molecule has 0 aliphatic carbocycles. The average molecular weight is 306 g/mol. The largest absolute Gasteiger partial charge is 0.496 e. The van der Waals surface area contributed by atoms with E-state index in [1.807, 2.05) is 25.1 Å². The average Bonchev–Trinajstić information content (AvgIpc) is 2.55. The number of nitrogens with one attached hydrogen (secondary N) is 1. The lowest BCUT2D eigenvalue weighted by molar-refractivity contribution is 0.0927. The molecule has 0 bridgehead atoms. The molecule has 0 aromatic heterocycles. The maximum absolute atomic E-state index is 12.3. The zero-order valence-corrected chi connectivity index (χ0v) is 13.5. The van der Waals surface area contributed by atoms with Gasteiger partial charge >= 0.3 is 0 Å². The molecule has 0 unspecified atom stereocenters. The summed E-state index contributed by atoms with van der Waals surface area (Å²) in [6, 6.07) is 5.59. The Morgan fingerprint density at radius 3 is 3.05 bits per heavy atom. The van der Waals surface area contributed by atoms with E-state index in [-0.39, 0.29) is 12.5 Å². The summed E-state index contributed by atoms with van der Waals surface area (Å²) >= 11 is 0. The van der Waals surface area contributed by atoms with Crippen LogP contribution in [-0.2, 0) is 0 Å². The minimum Gasteiger partial charge on any atom is -0.496 e. The van der Waals surface area contributed by atoms with Crippen LogP contribution in [0.5, 0.6) is 5.75 Å². The molecule has 22 heavy (non-hydrogen) atoms. The molecule has 2 N–H and O–H groups in total. The van der Waals surface area contributed by atoms with E-state index >= 15 is 0 Å². The fraction of sp³-hybridized carbons (Fsp3) is 0.588. The maximum Gasteiger partial charge on any atom is 0.255 e. The molecule has 1 saturated heterocycles. The van der Waals surface area contributed by atoms with Gasteiger partial charge in [-0.15, -0.1) is 0 Å². The van der Waals surface area contributed by atoms with Crippen molar-refractivity contribution in [1.29, 1.82) is 0 Å². The van der Waals surface area contributed by atoms with Crippen molar-refractivity contribution >= 4 is 5.91 Å². The fourth-order valence-corrected chi connectivity index (χ4v) is 2.93. The van der Waals surface area contributed by atoms with Crippen LogP contribution in [0.15, 0.2) is 18.2 Å². The number of hydrogen-bond acceptors (Lipinski definition) is 4. The van der Waals surface area contributed by atoms with Crippen molar-refractivity contribution in [1.82, 2.24) is 10.2 Å². The SMILES string of the molecule is COc1ccc(C)cc1C(=O)NCCN1CCC[C@@H](CO)C1. The predicted molar refractivity (Wildman–Crippen MR) is 86.3 cm³/mol. The minimum absolute atomic E-state index is 0.101. The van der Waals surface area contributed by atoms with Crippen LogP contribution < -0.4 is 10.1 Å². The molecule has 0 spiro atoms. The molecule has 122 valence electrons. The normalized spacial score (nSPS) is 19.0. The smallest absolute Gasteiger partial charge is 0.255 e. The first-order valence-electron chi connectivity index (χ1n) is 7.90. The zero-order valence-electron chi connectivity index (χ0n) is 13.5. The van der Waals surface area contributed by atoms with Crippen LogP contribution in [-0.4, -0.2) is 55.8 Å². The standard InChI is InChI=1S/C17H26N2O3/c1-13-5-6-16(22-2)15(10-13)17(21)18-7-9-19-8-3-4-14(11-19)12-20/h5-6,10,14,20H,3-4,7-9,11-12H2,1-2H3,(H,18,21)/t14-/m1/s1. The highest BCUT2D eigenvalue weighted by Crippen LogP contribution is 2.19. The number of ether oxygens (including phenoxy) is 1.